The van der Waals surface area contributed by atoms with Gasteiger partial charge in [-0.1, -0.05) is 12.1 Å². The topological polar surface area (TPSA) is 149 Å². The van der Waals surface area contributed by atoms with Crippen LogP contribution in [0.15, 0.2) is 66.7 Å². The minimum atomic E-state index is -2.69. The van der Waals surface area contributed by atoms with Crippen LogP contribution in [0.1, 0.15) is 32.9 Å². The van der Waals surface area contributed by atoms with Gasteiger partial charge in [0.1, 0.15) is 29.9 Å². The number of carbonyl (C=O) groups is 1. The number of aromatic nitrogens is 3. The molecule has 0 fully saturated rings. The second-order valence-electron chi connectivity index (χ2n) is 9.98. The van der Waals surface area contributed by atoms with Crippen molar-refractivity contribution in [3.8, 4) is 23.2 Å². The predicted octanol–water partition coefficient (Wildman–Crippen LogP) is 5.55. The number of hydrogen-bond donors (Lipinski definition) is 2. The molecule has 11 nitrogen and oxygen atoms in total. The van der Waals surface area contributed by atoms with Crippen molar-refractivity contribution in [2.24, 2.45) is 0 Å². The Labute approximate surface area is 267 Å². The summed E-state index contributed by atoms with van der Waals surface area (Å²) in [5.74, 6) is -2.41. The lowest BCUT2D eigenvalue weighted by Gasteiger charge is -2.12. The average Bonchev–Trinajstić information content (AvgIpc) is 3.40. The zero-order valence-electron chi connectivity index (χ0n) is 24.7. The first kappa shape index (κ1) is 33.5. The van der Waals surface area contributed by atoms with Crippen LogP contribution in [-0.4, -0.2) is 50.8 Å². The molecule has 47 heavy (non-hydrogen) atoms. The van der Waals surface area contributed by atoms with Gasteiger partial charge in [0.05, 0.1) is 40.5 Å². The first-order chi connectivity index (χ1) is 22.7. The molecule has 0 amide bonds. The zero-order valence-corrected chi connectivity index (χ0v) is 25.6. The van der Waals surface area contributed by atoms with Crippen molar-refractivity contribution < 1.29 is 46.5 Å². The Morgan fingerprint density at radius 3 is 2.53 bits per heavy atom. The van der Waals surface area contributed by atoms with Gasteiger partial charge in [-0.2, -0.15) is 5.26 Å². The number of nitriles is 1. The fourth-order valence-electron chi connectivity index (χ4n) is 4.70. The van der Waals surface area contributed by atoms with Gasteiger partial charge in [0.2, 0.25) is 12.7 Å². The van der Waals surface area contributed by atoms with E-state index in [0.717, 1.165) is 18.2 Å². The molecule has 2 heterocycles. The molecular formula is C32H26F3N4O7P. The molecule has 0 bridgehead atoms. The molecule has 2 N–H and O–H groups in total. The van der Waals surface area contributed by atoms with Crippen LogP contribution in [0.5, 0.6) is 5.88 Å². The number of methoxy groups -OCH3 is 1. The predicted molar refractivity (Wildman–Crippen MR) is 162 cm³/mol. The second-order valence-corrected chi connectivity index (χ2v) is 10.7. The normalized spacial score (nSPS) is 11.2. The summed E-state index contributed by atoms with van der Waals surface area (Å²) >= 11 is 0. The molecule has 0 aliphatic carbocycles. The number of nitrogens with zero attached hydrogens (tertiary/aromatic N) is 4. The third-order valence-electron chi connectivity index (χ3n) is 6.98. The molecule has 3 aromatic carbocycles. The number of benzene rings is 3. The van der Waals surface area contributed by atoms with E-state index in [4.69, 9.17) is 29.3 Å². The summed E-state index contributed by atoms with van der Waals surface area (Å²) in [5, 5.41) is 8.91. The molecule has 0 spiro atoms. The molecule has 0 radical (unpaired) electrons. The van der Waals surface area contributed by atoms with E-state index in [1.807, 2.05) is 6.07 Å². The molecule has 5 rings (SSSR count). The molecule has 5 aromatic rings. The van der Waals surface area contributed by atoms with E-state index < -0.39 is 38.8 Å². The van der Waals surface area contributed by atoms with Crippen LogP contribution in [0.3, 0.4) is 0 Å². The van der Waals surface area contributed by atoms with E-state index in [1.54, 1.807) is 16.7 Å². The maximum Gasteiger partial charge on any atom is 0.340 e. The van der Waals surface area contributed by atoms with Gasteiger partial charge in [0.15, 0.2) is 0 Å². The summed E-state index contributed by atoms with van der Waals surface area (Å²) < 4.78 is 67.1. The number of imidazole rings is 1. The maximum absolute atomic E-state index is 15.5. The smallest absolute Gasteiger partial charge is 0.340 e. The molecule has 0 aliphatic heterocycles. The van der Waals surface area contributed by atoms with Crippen LogP contribution >= 0.6 is 8.60 Å². The van der Waals surface area contributed by atoms with Gasteiger partial charge < -0.3 is 28.6 Å². The molecule has 242 valence electrons. The molecule has 2 aromatic heterocycles. The standard InChI is InChI=1S/C32H26F3N4O7P/c1-43-10-9-39-29-13-20(32(40)45-18-46-47(41)42)7-8-28(29)37-30(39)14-22-12-26(35)23(15-25(22)34)27-3-2-4-31(38-27)44-17-21-6-5-19(16-36)11-24(21)33/h2-8,11-13,15,41-42H,9-10,14,17-18H2,1H3. The van der Waals surface area contributed by atoms with Crippen LogP contribution < -0.4 is 4.74 Å². The van der Waals surface area contributed by atoms with E-state index in [2.05, 4.69) is 14.5 Å². The number of hydrogen-bond acceptors (Lipinski definition) is 10. The fourth-order valence-corrected chi connectivity index (χ4v) is 4.84. The average molecular weight is 667 g/mol. The van der Waals surface area contributed by atoms with Crippen LogP contribution in [0.2, 0.25) is 0 Å². The van der Waals surface area contributed by atoms with Crippen molar-refractivity contribution in [2.45, 2.75) is 19.6 Å². The Morgan fingerprint density at radius 1 is 0.979 bits per heavy atom. The Hall–Kier alpha value is -4.90. The minimum Gasteiger partial charge on any atom is -0.473 e. The lowest BCUT2D eigenvalue weighted by atomic mass is 10.0. The molecular weight excluding hydrogens is 640 g/mol. The monoisotopic (exact) mass is 666 g/mol. The fraction of sp³-hybridized carbons (Fsp3) is 0.188. The van der Waals surface area contributed by atoms with Crippen molar-refractivity contribution in [1.82, 2.24) is 14.5 Å². The summed E-state index contributed by atoms with van der Waals surface area (Å²) in [4.78, 5) is 38.9. The largest absolute Gasteiger partial charge is 0.473 e. The van der Waals surface area contributed by atoms with Crippen molar-refractivity contribution in [2.75, 3.05) is 20.5 Å². The van der Waals surface area contributed by atoms with E-state index in [9.17, 15) is 9.18 Å². The quantitative estimate of drug-likeness (QED) is 0.0932. The van der Waals surface area contributed by atoms with Gasteiger partial charge >= 0.3 is 14.6 Å². The first-order valence-corrected chi connectivity index (χ1v) is 15.1. The zero-order chi connectivity index (χ0) is 33.5. The summed E-state index contributed by atoms with van der Waals surface area (Å²) in [7, 11) is -1.18. The van der Waals surface area contributed by atoms with Gasteiger partial charge in [0, 0.05) is 37.3 Å². The van der Waals surface area contributed by atoms with Gasteiger partial charge in [-0.15, -0.1) is 0 Å². The highest BCUT2D eigenvalue weighted by molar-refractivity contribution is 7.39. The Kier molecular flexibility index (Phi) is 10.8. The highest BCUT2D eigenvalue weighted by atomic mass is 31.2. The van der Waals surface area contributed by atoms with E-state index in [1.165, 1.54) is 43.5 Å². The minimum absolute atomic E-state index is 0.0187. The summed E-state index contributed by atoms with van der Waals surface area (Å²) in [5.41, 5.74) is 1.49. The van der Waals surface area contributed by atoms with Crippen LogP contribution in [-0.2, 0) is 33.6 Å². The van der Waals surface area contributed by atoms with Crippen molar-refractivity contribution in [1.29, 1.82) is 5.26 Å². The molecule has 0 aliphatic rings. The summed E-state index contributed by atoms with van der Waals surface area (Å²) in [6, 6.07) is 17.0. The molecule has 0 atom stereocenters. The first-order valence-electron chi connectivity index (χ1n) is 13.9. The second kappa shape index (κ2) is 15.1. The SMILES string of the molecule is COCCn1c(Cc2cc(F)c(-c3cccc(OCc4ccc(C#N)cc4F)n3)cc2F)nc2ccc(C(=O)OCOP(O)O)cc21. The number of rotatable bonds is 13. The number of ether oxygens (including phenoxy) is 3. The van der Waals surface area contributed by atoms with Crippen molar-refractivity contribution in [3.05, 3.63) is 112 Å². The molecule has 0 saturated heterocycles. The van der Waals surface area contributed by atoms with E-state index >= 15 is 8.78 Å². The van der Waals surface area contributed by atoms with Crippen molar-refractivity contribution in [3.63, 3.8) is 0 Å². The highest BCUT2D eigenvalue weighted by Crippen LogP contribution is 2.29. The molecule has 0 saturated carbocycles. The van der Waals surface area contributed by atoms with Crippen LogP contribution in [0.25, 0.3) is 22.3 Å². The summed E-state index contributed by atoms with van der Waals surface area (Å²) in [6.45, 7) is -0.306. The molecule has 0 unspecified atom stereocenters. The van der Waals surface area contributed by atoms with Gasteiger partial charge in [0.25, 0.3) is 0 Å². The van der Waals surface area contributed by atoms with Crippen LogP contribution in [0.4, 0.5) is 13.2 Å². The Balaban J connectivity index is 1.37. The number of halogens is 3. The van der Waals surface area contributed by atoms with E-state index in [-0.39, 0.29) is 65.6 Å². The third-order valence-corrected chi connectivity index (χ3v) is 7.32. The maximum atomic E-state index is 15.5. The number of pyridine rings is 1. The van der Waals surface area contributed by atoms with Crippen molar-refractivity contribution >= 4 is 25.6 Å². The Morgan fingerprint density at radius 2 is 1.79 bits per heavy atom. The number of esters is 1. The number of fused-ring (bicyclic) bond motifs is 1. The van der Waals surface area contributed by atoms with Gasteiger partial charge in [-0.3, -0.25) is 4.52 Å². The lowest BCUT2D eigenvalue weighted by molar-refractivity contribution is 0.0123. The summed E-state index contributed by atoms with van der Waals surface area (Å²) in [6.07, 6.45) is -0.0989. The third kappa shape index (κ3) is 8.10. The Bertz CT molecular complexity index is 1970. The highest BCUT2D eigenvalue weighted by Gasteiger charge is 2.19. The van der Waals surface area contributed by atoms with Gasteiger partial charge in [-0.25, -0.2) is 27.9 Å². The number of carbonyl (C=O) groups excluding carboxylic acids is 1. The van der Waals surface area contributed by atoms with Gasteiger partial charge in [-0.05, 0) is 54.1 Å². The lowest BCUT2D eigenvalue weighted by Crippen LogP contribution is -2.11. The molecule has 15 heteroatoms. The van der Waals surface area contributed by atoms with E-state index in [0.29, 0.717) is 16.9 Å². The van der Waals surface area contributed by atoms with Crippen LogP contribution in [0, 0.1) is 28.8 Å².